The highest BCUT2D eigenvalue weighted by Crippen LogP contribution is 2.27. The van der Waals surface area contributed by atoms with Gasteiger partial charge in [-0.05, 0) is 51.2 Å². The van der Waals surface area contributed by atoms with Crippen LogP contribution < -0.4 is 10.6 Å². The van der Waals surface area contributed by atoms with Crippen molar-refractivity contribution in [3.8, 4) is 0 Å². The largest absolute Gasteiger partial charge is 0.378 e. The van der Waals surface area contributed by atoms with Crippen molar-refractivity contribution in [2.75, 3.05) is 19.4 Å². The fraction of sp³-hybridized carbons (Fsp3) is 0.929. The van der Waals surface area contributed by atoms with Gasteiger partial charge < -0.3 is 15.4 Å². The van der Waals surface area contributed by atoms with Crippen LogP contribution in [0.3, 0.4) is 0 Å². The lowest BCUT2D eigenvalue weighted by molar-refractivity contribution is 0.0120. The van der Waals surface area contributed by atoms with Gasteiger partial charge in [-0.3, -0.25) is 0 Å². The van der Waals surface area contributed by atoms with E-state index >= 15 is 0 Å². The van der Waals surface area contributed by atoms with Crippen LogP contribution in [0.1, 0.15) is 44.9 Å². The summed E-state index contributed by atoms with van der Waals surface area (Å²) in [5.74, 6) is 0. The number of hydrogen-bond donors (Lipinski definition) is 2. The van der Waals surface area contributed by atoms with Gasteiger partial charge in [0.15, 0.2) is 0 Å². The lowest BCUT2D eigenvalue weighted by Crippen LogP contribution is -2.42. The Morgan fingerprint density at radius 2 is 2.21 bits per heavy atom. The summed E-state index contributed by atoms with van der Waals surface area (Å²) in [5, 5.41) is 6.75. The van der Waals surface area contributed by atoms with E-state index in [0.29, 0.717) is 12.1 Å². The molecule has 2 N–H and O–H groups in total. The molecule has 1 aliphatic heterocycles. The quantitative estimate of drug-likeness (QED) is 0.816. The third-order valence-corrected chi connectivity index (χ3v) is 5.17. The lowest BCUT2D eigenvalue weighted by Gasteiger charge is -2.22. The molecule has 110 valence electrons. The number of hydrogen-bond acceptors (Lipinski definition) is 3. The second-order valence-electron chi connectivity index (χ2n) is 5.55. The maximum atomic E-state index is 11.8. The first kappa shape index (κ1) is 15.0. The molecule has 2 amide bonds. The van der Waals surface area contributed by atoms with Crippen molar-refractivity contribution in [3.05, 3.63) is 0 Å². The van der Waals surface area contributed by atoms with Crippen molar-refractivity contribution >= 4 is 17.8 Å². The van der Waals surface area contributed by atoms with Gasteiger partial charge in [-0.2, -0.15) is 11.8 Å². The fourth-order valence-electron chi connectivity index (χ4n) is 2.90. The van der Waals surface area contributed by atoms with Crippen LogP contribution in [0.15, 0.2) is 0 Å². The summed E-state index contributed by atoms with van der Waals surface area (Å²) >= 11 is 1.91. The summed E-state index contributed by atoms with van der Waals surface area (Å²) in [6.07, 6.45) is 10.5. The van der Waals surface area contributed by atoms with Crippen LogP contribution in [0.25, 0.3) is 0 Å². The van der Waals surface area contributed by atoms with Crippen LogP contribution in [0.2, 0.25) is 0 Å². The smallest absolute Gasteiger partial charge is 0.315 e. The SMILES string of the molecule is CS[C@@H]1CC[C@@H](NC(=O)NCC[C@@H]2CCCCO2)C1. The molecule has 2 fully saturated rings. The second kappa shape index (κ2) is 8.00. The van der Waals surface area contributed by atoms with Crippen LogP contribution in [-0.2, 0) is 4.74 Å². The first-order valence-corrected chi connectivity index (χ1v) is 8.75. The highest BCUT2D eigenvalue weighted by atomic mass is 32.2. The number of carbonyl (C=O) groups is 1. The number of carbonyl (C=O) groups excluding carboxylic acids is 1. The maximum Gasteiger partial charge on any atom is 0.315 e. The van der Waals surface area contributed by atoms with Gasteiger partial charge in [-0.25, -0.2) is 4.79 Å². The zero-order valence-electron chi connectivity index (χ0n) is 11.8. The maximum absolute atomic E-state index is 11.8. The molecule has 0 aromatic carbocycles. The number of amides is 2. The second-order valence-corrected chi connectivity index (χ2v) is 6.68. The minimum atomic E-state index is -0.0115. The molecule has 2 rings (SSSR count). The van der Waals surface area contributed by atoms with Crippen molar-refractivity contribution in [2.24, 2.45) is 0 Å². The molecule has 19 heavy (non-hydrogen) atoms. The van der Waals surface area contributed by atoms with E-state index in [1.165, 1.54) is 19.3 Å². The van der Waals surface area contributed by atoms with E-state index < -0.39 is 0 Å². The summed E-state index contributed by atoms with van der Waals surface area (Å²) in [7, 11) is 0. The predicted molar refractivity (Wildman–Crippen MR) is 79.7 cm³/mol. The van der Waals surface area contributed by atoms with Gasteiger partial charge in [0, 0.05) is 24.4 Å². The predicted octanol–water partition coefficient (Wildman–Crippen LogP) is 2.53. The molecule has 3 atom stereocenters. The molecule has 0 aromatic rings. The zero-order valence-corrected chi connectivity index (χ0v) is 12.6. The van der Waals surface area contributed by atoms with Gasteiger partial charge in [-0.1, -0.05) is 0 Å². The Labute approximate surface area is 120 Å². The summed E-state index contributed by atoms with van der Waals surface area (Å²) < 4.78 is 5.65. The zero-order chi connectivity index (χ0) is 13.5. The Kier molecular flexibility index (Phi) is 6.31. The summed E-state index contributed by atoms with van der Waals surface area (Å²) in [6.45, 7) is 1.60. The van der Waals surface area contributed by atoms with Crippen molar-refractivity contribution < 1.29 is 9.53 Å². The minimum absolute atomic E-state index is 0.0115. The third kappa shape index (κ3) is 5.22. The van der Waals surface area contributed by atoms with E-state index in [2.05, 4.69) is 16.9 Å². The van der Waals surface area contributed by atoms with Gasteiger partial charge in [0.25, 0.3) is 0 Å². The molecule has 0 unspecified atom stereocenters. The molecular weight excluding hydrogens is 260 g/mol. The van der Waals surface area contributed by atoms with E-state index in [0.717, 1.165) is 44.1 Å². The average molecular weight is 286 g/mol. The molecule has 1 saturated heterocycles. The molecule has 4 nitrogen and oxygen atoms in total. The summed E-state index contributed by atoms with van der Waals surface area (Å²) in [6, 6.07) is 0.353. The normalized spacial score (nSPS) is 31.1. The molecule has 0 spiro atoms. The van der Waals surface area contributed by atoms with Gasteiger partial charge in [-0.15, -0.1) is 0 Å². The first-order chi connectivity index (χ1) is 9.28. The van der Waals surface area contributed by atoms with Gasteiger partial charge in [0.05, 0.1) is 6.10 Å². The molecular formula is C14H26N2O2S. The number of urea groups is 1. The lowest BCUT2D eigenvalue weighted by atomic mass is 10.1. The molecule has 1 aliphatic carbocycles. The standard InChI is InChI=1S/C14H26N2O2S/c1-19-13-6-5-11(10-13)16-14(17)15-8-7-12-4-2-3-9-18-12/h11-13H,2-10H2,1H3,(H2,15,16,17)/t11-,12+,13-/m1/s1. The third-order valence-electron chi connectivity index (χ3n) is 4.08. The topological polar surface area (TPSA) is 50.4 Å². The number of thioether (sulfide) groups is 1. The highest BCUT2D eigenvalue weighted by molar-refractivity contribution is 7.99. The summed E-state index contributed by atoms with van der Waals surface area (Å²) in [5.41, 5.74) is 0. The van der Waals surface area contributed by atoms with Crippen molar-refractivity contribution in [1.82, 2.24) is 10.6 Å². The molecule has 0 radical (unpaired) electrons. The van der Waals surface area contributed by atoms with Gasteiger partial charge in [0.1, 0.15) is 0 Å². The fourth-order valence-corrected chi connectivity index (χ4v) is 3.70. The Bertz CT molecular complexity index is 283. The van der Waals surface area contributed by atoms with Gasteiger partial charge >= 0.3 is 6.03 Å². The Hall–Kier alpha value is -0.420. The van der Waals surface area contributed by atoms with Crippen molar-refractivity contribution in [1.29, 1.82) is 0 Å². The summed E-state index contributed by atoms with van der Waals surface area (Å²) in [4.78, 5) is 11.8. The van der Waals surface area contributed by atoms with E-state index in [1.54, 1.807) is 0 Å². The van der Waals surface area contributed by atoms with E-state index in [-0.39, 0.29) is 6.03 Å². The van der Waals surface area contributed by atoms with Crippen LogP contribution in [0.4, 0.5) is 4.79 Å². The first-order valence-electron chi connectivity index (χ1n) is 7.46. The highest BCUT2D eigenvalue weighted by Gasteiger charge is 2.25. The minimum Gasteiger partial charge on any atom is -0.378 e. The molecule has 0 bridgehead atoms. The molecule has 0 aromatic heterocycles. The molecule has 5 heteroatoms. The molecule has 1 heterocycles. The van der Waals surface area contributed by atoms with Crippen LogP contribution in [0.5, 0.6) is 0 Å². The Morgan fingerprint density at radius 3 is 2.89 bits per heavy atom. The number of rotatable bonds is 5. The van der Waals surface area contributed by atoms with Crippen LogP contribution >= 0.6 is 11.8 Å². The Balaban J connectivity index is 1.54. The van der Waals surface area contributed by atoms with Crippen molar-refractivity contribution in [3.63, 3.8) is 0 Å². The molecule has 2 aliphatic rings. The number of ether oxygens (including phenoxy) is 1. The van der Waals surface area contributed by atoms with Crippen molar-refractivity contribution in [2.45, 2.75) is 62.3 Å². The molecule has 1 saturated carbocycles. The van der Waals surface area contributed by atoms with Crippen LogP contribution in [-0.4, -0.2) is 42.8 Å². The average Bonchev–Trinajstić information content (AvgIpc) is 2.87. The monoisotopic (exact) mass is 286 g/mol. The number of nitrogens with one attached hydrogen (secondary N) is 2. The van der Waals surface area contributed by atoms with E-state index in [4.69, 9.17) is 4.74 Å². The van der Waals surface area contributed by atoms with E-state index in [9.17, 15) is 4.79 Å². The Morgan fingerprint density at radius 1 is 1.32 bits per heavy atom. The van der Waals surface area contributed by atoms with Crippen LogP contribution in [0, 0.1) is 0 Å². The van der Waals surface area contributed by atoms with E-state index in [1.807, 2.05) is 11.8 Å². The van der Waals surface area contributed by atoms with Gasteiger partial charge in [0.2, 0.25) is 0 Å².